The average Bonchev–Trinajstić information content (AvgIpc) is 2.27. The van der Waals surface area contributed by atoms with Crippen LogP contribution in [0.5, 0.6) is 0 Å². The molecule has 1 aliphatic heterocycles. The average molecular weight is 243 g/mol. The first-order valence-corrected chi connectivity index (χ1v) is 5.54. The molecule has 1 saturated heterocycles. The van der Waals surface area contributed by atoms with E-state index in [1.807, 2.05) is 0 Å². The Morgan fingerprint density at radius 1 is 1.12 bits per heavy atom. The number of rotatable bonds is 4. The van der Waals surface area contributed by atoms with Gasteiger partial charge in [0, 0.05) is 13.1 Å². The van der Waals surface area contributed by atoms with Gasteiger partial charge in [-0.15, -0.1) is 0 Å². The molecule has 0 atom stereocenters. The summed E-state index contributed by atoms with van der Waals surface area (Å²) in [6.07, 6.45) is 2.88. The van der Waals surface area contributed by atoms with E-state index in [1.165, 1.54) is 0 Å². The number of primary amides is 1. The van der Waals surface area contributed by atoms with Crippen molar-refractivity contribution in [1.82, 2.24) is 9.80 Å². The molecular formula is C10H17N3O4. The number of nitrogens with two attached hydrogens (primary N) is 1. The molecule has 1 fully saturated rings. The van der Waals surface area contributed by atoms with Crippen molar-refractivity contribution < 1.29 is 19.5 Å². The molecule has 0 unspecified atom stereocenters. The van der Waals surface area contributed by atoms with Crippen molar-refractivity contribution >= 4 is 17.9 Å². The van der Waals surface area contributed by atoms with E-state index in [0.717, 1.165) is 24.2 Å². The van der Waals surface area contributed by atoms with Crippen LogP contribution >= 0.6 is 0 Å². The first kappa shape index (κ1) is 13.3. The maximum Gasteiger partial charge on any atom is 0.323 e. The number of nitrogens with zero attached hydrogens (tertiary/aromatic N) is 2. The molecule has 3 N–H and O–H groups in total. The summed E-state index contributed by atoms with van der Waals surface area (Å²) in [6, 6.07) is -0.425. The van der Waals surface area contributed by atoms with Crippen LogP contribution in [0.1, 0.15) is 19.3 Å². The Balaban J connectivity index is 2.63. The van der Waals surface area contributed by atoms with Gasteiger partial charge in [-0.05, 0) is 19.3 Å². The maximum atomic E-state index is 12.0. The van der Waals surface area contributed by atoms with Crippen LogP contribution in [0, 0.1) is 0 Å². The van der Waals surface area contributed by atoms with Crippen LogP contribution in [0.4, 0.5) is 4.79 Å². The van der Waals surface area contributed by atoms with Gasteiger partial charge in [-0.25, -0.2) is 4.79 Å². The molecule has 7 heteroatoms. The molecule has 1 rings (SSSR count). The number of carbonyl (C=O) groups is 3. The summed E-state index contributed by atoms with van der Waals surface area (Å²) in [5.74, 6) is -1.87. The third-order valence-electron chi connectivity index (χ3n) is 2.57. The third kappa shape index (κ3) is 4.29. The zero-order chi connectivity index (χ0) is 12.8. The monoisotopic (exact) mass is 243 g/mol. The minimum atomic E-state index is -1.16. The fourth-order valence-corrected chi connectivity index (χ4v) is 1.83. The Kier molecular flexibility index (Phi) is 4.74. The summed E-state index contributed by atoms with van der Waals surface area (Å²) in [4.78, 5) is 35.9. The van der Waals surface area contributed by atoms with Gasteiger partial charge in [0.2, 0.25) is 5.91 Å². The molecule has 0 aromatic rings. The van der Waals surface area contributed by atoms with Gasteiger partial charge < -0.3 is 20.6 Å². The highest BCUT2D eigenvalue weighted by Gasteiger charge is 2.25. The maximum absolute atomic E-state index is 12.0. The van der Waals surface area contributed by atoms with E-state index >= 15 is 0 Å². The second kappa shape index (κ2) is 6.07. The molecule has 7 nitrogen and oxygen atoms in total. The number of aliphatic carboxylic acids is 1. The largest absolute Gasteiger partial charge is 0.480 e. The molecule has 0 radical (unpaired) electrons. The van der Waals surface area contributed by atoms with E-state index in [2.05, 4.69) is 0 Å². The van der Waals surface area contributed by atoms with Crippen molar-refractivity contribution in [3.63, 3.8) is 0 Å². The summed E-state index contributed by atoms with van der Waals surface area (Å²) in [5, 5.41) is 8.68. The zero-order valence-corrected chi connectivity index (χ0v) is 9.59. The van der Waals surface area contributed by atoms with Gasteiger partial charge in [0.25, 0.3) is 0 Å². The van der Waals surface area contributed by atoms with Gasteiger partial charge in [0.1, 0.15) is 13.1 Å². The second-order valence-electron chi connectivity index (χ2n) is 4.05. The second-order valence-corrected chi connectivity index (χ2v) is 4.05. The third-order valence-corrected chi connectivity index (χ3v) is 2.57. The Hall–Kier alpha value is -1.79. The minimum absolute atomic E-state index is 0.359. The van der Waals surface area contributed by atoms with Crippen LogP contribution in [0.3, 0.4) is 0 Å². The first-order chi connectivity index (χ1) is 8.00. The lowest BCUT2D eigenvalue weighted by Gasteiger charge is -2.31. The van der Waals surface area contributed by atoms with E-state index in [9.17, 15) is 14.4 Å². The quantitative estimate of drug-likeness (QED) is 0.692. The highest BCUT2D eigenvalue weighted by molar-refractivity contribution is 5.86. The van der Waals surface area contributed by atoms with E-state index in [4.69, 9.17) is 10.8 Å². The van der Waals surface area contributed by atoms with Gasteiger partial charge in [-0.3, -0.25) is 9.59 Å². The van der Waals surface area contributed by atoms with Crippen molar-refractivity contribution in [3.05, 3.63) is 0 Å². The van der Waals surface area contributed by atoms with Crippen molar-refractivity contribution in [2.75, 3.05) is 26.2 Å². The number of hydrogen-bond acceptors (Lipinski definition) is 3. The van der Waals surface area contributed by atoms with Crippen molar-refractivity contribution in [3.8, 4) is 0 Å². The molecule has 0 bridgehead atoms. The van der Waals surface area contributed by atoms with Gasteiger partial charge in [0.15, 0.2) is 0 Å². The fourth-order valence-electron chi connectivity index (χ4n) is 1.83. The smallest absolute Gasteiger partial charge is 0.323 e. The van der Waals surface area contributed by atoms with E-state index in [1.54, 1.807) is 4.90 Å². The summed E-state index contributed by atoms with van der Waals surface area (Å²) in [5.41, 5.74) is 4.99. The topological polar surface area (TPSA) is 104 Å². The molecule has 1 aliphatic rings. The molecule has 0 aliphatic carbocycles. The number of amides is 3. The molecular weight excluding hydrogens is 226 g/mol. The van der Waals surface area contributed by atoms with Crippen LogP contribution in [0.25, 0.3) is 0 Å². The Morgan fingerprint density at radius 3 is 2.18 bits per heavy atom. The highest BCUT2D eigenvalue weighted by Crippen LogP contribution is 2.11. The highest BCUT2D eigenvalue weighted by atomic mass is 16.4. The number of carbonyl (C=O) groups excluding carboxylic acids is 2. The van der Waals surface area contributed by atoms with Crippen LogP contribution in [0.2, 0.25) is 0 Å². The van der Waals surface area contributed by atoms with Crippen molar-refractivity contribution in [2.24, 2.45) is 5.73 Å². The van der Waals surface area contributed by atoms with Gasteiger partial charge >= 0.3 is 12.0 Å². The molecule has 0 spiro atoms. The van der Waals surface area contributed by atoms with Crippen LogP contribution in [-0.2, 0) is 9.59 Å². The number of urea groups is 1. The minimum Gasteiger partial charge on any atom is -0.480 e. The predicted molar refractivity (Wildman–Crippen MR) is 59.2 cm³/mol. The number of carboxylic acids is 1. The van der Waals surface area contributed by atoms with E-state index < -0.39 is 24.5 Å². The number of hydrogen-bond donors (Lipinski definition) is 2. The Labute approximate surface area is 99.2 Å². The summed E-state index contributed by atoms with van der Waals surface area (Å²) >= 11 is 0. The molecule has 1 heterocycles. The molecule has 17 heavy (non-hydrogen) atoms. The normalized spacial score (nSPS) is 15.4. The number of likely N-dealkylation sites (tertiary alicyclic amines) is 1. The lowest BCUT2D eigenvalue weighted by Crippen LogP contribution is -2.49. The molecule has 3 amide bonds. The summed E-state index contributed by atoms with van der Waals surface area (Å²) in [7, 11) is 0. The number of carboxylic acid groups (broad SMARTS) is 1. The fraction of sp³-hybridized carbons (Fsp3) is 0.700. The zero-order valence-electron chi connectivity index (χ0n) is 9.59. The molecule has 0 saturated carbocycles. The Bertz CT molecular complexity index is 297. The molecule has 0 aromatic carbocycles. The van der Waals surface area contributed by atoms with E-state index in [-0.39, 0.29) is 6.54 Å². The standard InChI is InChI=1S/C10H17N3O4/c11-8(14)6-13(7-9(15)16)10(17)12-4-2-1-3-5-12/h1-7H2,(H2,11,14)(H,15,16). The molecule has 96 valence electrons. The summed E-state index contributed by atoms with van der Waals surface area (Å²) < 4.78 is 0. The van der Waals surface area contributed by atoms with Crippen LogP contribution in [-0.4, -0.2) is 59.0 Å². The van der Waals surface area contributed by atoms with E-state index in [0.29, 0.717) is 13.1 Å². The molecule has 0 aromatic heterocycles. The van der Waals surface area contributed by atoms with Gasteiger partial charge in [-0.1, -0.05) is 0 Å². The van der Waals surface area contributed by atoms with Gasteiger partial charge in [0.05, 0.1) is 0 Å². The van der Waals surface area contributed by atoms with Gasteiger partial charge in [-0.2, -0.15) is 0 Å². The van der Waals surface area contributed by atoms with Crippen molar-refractivity contribution in [2.45, 2.75) is 19.3 Å². The SMILES string of the molecule is NC(=O)CN(CC(=O)O)C(=O)N1CCCCC1. The van der Waals surface area contributed by atoms with Crippen LogP contribution in [0.15, 0.2) is 0 Å². The van der Waals surface area contributed by atoms with Crippen molar-refractivity contribution in [1.29, 1.82) is 0 Å². The van der Waals surface area contributed by atoms with Crippen LogP contribution < -0.4 is 5.73 Å². The first-order valence-electron chi connectivity index (χ1n) is 5.54. The Morgan fingerprint density at radius 2 is 1.71 bits per heavy atom. The predicted octanol–water partition coefficient (Wildman–Crippen LogP) is -0.536. The lowest BCUT2D eigenvalue weighted by molar-refractivity contribution is -0.138. The lowest BCUT2D eigenvalue weighted by atomic mass is 10.1. The summed E-state index contributed by atoms with van der Waals surface area (Å²) in [6.45, 7) is 0.349. The number of piperidine rings is 1.